The van der Waals surface area contributed by atoms with Crippen LogP contribution in [0.2, 0.25) is 0 Å². The summed E-state index contributed by atoms with van der Waals surface area (Å²) in [6.07, 6.45) is 0. The molecule has 1 aromatic heterocycles. The molecule has 1 heterocycles. The fraction of sp³-hybridized carbons (Fsp3) is 0.286. The first-order valence-electron chi connectivity index (χ1n) is 5.68. The lowest BCUT2D eigenvalue weighted by atomic mass is 9.95. The lowest BCUT2D eigenvalue weighted by Crippen LogP contribution is -2.15. The van der Waals surface area contributed by atoms with Crippen molar-refractivity contribution in [2.45, 2.75) is 26.2 Å². The number of hydrogen-bond donors (Lipinski definition) is 1. The summed E-state index contributed by atoms with van der Waals surface area (Å²) >= 11 is 3.41. The van der Waals surface area contributed by atoms with Gasteiger partial charge in [-0.1, -0.05) is 28.1 Å². The van der Waals surface area contributed by atoms with Crippen LogP contribution in [-0.4, -0.2) is 9.97 Å². The van der Waals surface area contributed by atoms with Gasteiger partial charge < -0.3 is 4.98 Å². The van der Waals surface area contributed by atoms with Crippen molar-refractivity contribution < 1.29 is 0 Å². The second kappa shape index (κ2) is 4.58. The molecule has 0 amide bonds. The molecule has 1 aromatic carbocycles. The van der Waals surface area contributed by atoms with Crippen molar-refractivity contribution in [2.75, 3.05) is 0 Å². The first-order chi connectivity index (χ1) is 8.44. The molecule has 3 nitrogen and oxygen atoms in total. The molecule has 0 radical (unpaired) electrons. The second-order valence-corrected chi connectivity index (χ2v) is 5.72. The fourth-order valence-corrected chi connectivity index (χ4v) is 1.96. The summed E-state index contributed by atoms with van der Waals surface area (Å²) in [6, 6.07) is 10.2. The van der Waals surface area contributed by atoms with Gasteiger partial charge in [0.2, 0.25) is 0 Å². The molecular formula is C14H14BrN3. The van der Waals surface area contributed by atoms with E-state index in [9.17, 15) is 0 Å². The van der Waals surface area contributed by atoms with Gasteiger partial charge in [0.05, 0.1) is 11.8 Å². The number of aromatic amines is 1. The Labute approximate surface area is 115 Å². The van der Waals surface area contributed by atoms with Gasteiger partial charge in [0, 0.05) is 15.7 Å². The number of H-pyrrole nitrogens is 1. The number of imidazole rings is 1. The number of aromatic nitrogens is 2. The maximum Gasteiger partial charge on any atom is 0.126 e. The Balaban J connectivity index is 2.48. The molecule has 1 N–H and O–H groups in total. The summed E-state index contributed by atoms with van der Waals surface area (Å²) in [5.74, 6) is 0.709. The zero-order valence-corrected chi connectivity index (χ0v) is 12.2. The van der Waals surface area contributed by atoms with Crippen molar-refractivity contribution in [1.82, 2.24) is 9.97 Å². The molecule has 2 aromatic rings. The van der Waals surface area contributed by atoms with E-state index in [0.29, 0.717) is 5.82 Å². The summed E-state index contributed by atoms with van der Waals surface area (Å²) in [5, 5.41) is 9.14. The number of rotatable bonds is 2. The molecule has 0 atom stereocenters. The predicted octanol–water partition coefficient (Wildman–Crippen LogP) is 3.95. The highest BCUT2D eigenvalue weighted by atomic mass is 79.9. The van der Waals surface area contributed by atoms with Crippen molar-refractivity contribution in [3.8, 4) is 17.3 Å². The fourth-order valence-electron chi connectivity index (χ4n) is 1.70. The Kier molecular flexibility index (Phi) is 3.27. The van der Waals surface area contributed by atoms with Gasteiger partial charge >= 0.3 is 0 Å². The average Bonchev–Trinajstić information content (AvgIpc) is 2.73. The Morgan fingerprint density at radius 3 is 2.44 bits per heavy atom. The smallest absolute Gasteiger partial charge is 0.126 e. The SMILES string of the molecule is Cc1[nH]c(C(C)(C)C#N)nc1-c1ccc(Br)cc1. The first kappa shape index (κ1) is 12.8. The number of hydrogen-bond acceptors (Lipinski definition) is 2. The van der Waals surface area contributed by atoms with Gasteiger partial charge in [-0.05, 0) is 32.9 Å². The Morgan fingerprint density at radius 1 is 1.28 bits per heavy atom. The van der Waals surface area contributed by atoms with Gasteiger partial charge in [-0.15, -0.1) is 0 Å². The average molecular weight is 304 g/mol. The van der Waals surface area contributed by atoms with Crippen molar-refractivity contribution in [1.29, 1.82) is 5.26 Å². The third-order valence-electron chi connectivity index (χ3n) is 2.87. The summed E-state index contributed by atoms with van der Waals surface area (Å²) in [6.45, 7) is 5.69. The van der Waals surface area contributed by atoms with Gasteiger partial charge in [0.15, 0.2) is 0 Å². The van der Waals surface area contributed by atoms with E-state index in [-0.39, 0.29) is 0 Å². The lowest BCUT2D eigenvalue weighted by molar-refractivity contribution is 0.638. The lowest BCUT2D eigenvalue weighted by Gasteiger charge is -2.10. The molecule has 0 aliphatic rings. The van der Waals surface area contributed by atoms with Gasteiger partial charge in [0.25, 0.3) is 0 Å². The molecule has 0 fully saturated rings. The Hall–Kier alpha value is -1.60. The number of halogens is 1. The van der Waals surface area contributed by atoms with Gasteiger partial charge in [0.1, 0.15) is 11.2 Å². The van der Waals surface area contributed by atoms with E-state index in [1.165, 1.54) is 0 Å². The largest absolute Gasteiger partial charge is 0.344 e. The molecule has 0 unspecified atom stereocenters. The van der Waals surface area contributed by atoms with Crippen LogP contribution in [0.15, 0.2) is 28.7 Å². The van der Waals surface area contributed by atoms with Crippen LogP contribution >= 0.6 is 15.9 Å². The summed E-state index contributed by atoms with van der Waals surface area (Å²) < 4.78 is 1.04. The topological polar surface area (TPSA) is 52.5 Å². The van der Waals surface area contributed by atoms with E-state index in [2.05, 4.69) is 32.0 Å². The number of benzene rings is 1. The van der Waals surface area contributed by atoms with Crippen molar-refractivity contribution in [2.24, 2.45) is 0 Å². The minimum absolute atomic E-state index is 0.599. The molecule has 0 spiro atoms. The van der Waals surface area contributed by atoms with Crippen LogP contribution < -0.4 is 0 Å². The predicted molar refractivity (Wildman–Crippen MR) is 75.1 cm³/mol. The minimum Gasteiger partial charge on any atom is -0.344 e. The van der Waals surface area contributed by atoms with Crippen LogP contribution in [0.25, 0.3) is 11.3 Å². The monoisotopic (exact) mass is 303 g/mol. The molecule has 0 bridgehead atoms. The van der Waals surface area contributed by atoms with E-state index in [1.54, 1.807) is 0 Å². The van der Waals surface area contributed by atoms with Crippen molar-refractivity contribution >= 4 is 15.9 Å². The second-order valence-electron chi connectivity index (χ2n) is 4.80. The molecule has 92 valence electrons. The highest BCUT2D eigenvalue weighted by Gasteiger charge is 2.25. The zero-order valence-electron chi connectivity index (χ0n) is 10.6. The minimum atomic E-state index is -0.599. The van der Waals surface area contributed by atoms with E-state index in [0.717, 1.165) is 21.4 Å². The molecular weight excluding hydrogens is 290 g/mol. The van der Waals surface area contributed by atoms with E-state index >= 15 is 0 Å². The van der Waals surface area contributed by atoms with Gasteiger partial charge in [-0.2, -0.15) is 5.26 Å². The number of nitrogens with one attached hydrogen (secondary N) is 1. The van der Waals surface area contributed by atoms with Crippen LogP contribution in [0.5, 0.6) is 0 Å². The molecule has 0 saturated heterocycles. The van der Waals surface area contributed by atoms with E-state index in [4.69, 9.17) is 5.26 Å². The standard InChI is InChI=1S/C14H14BrN3/c1-9-12(10-4-6-11(15)7-5-10)18-13(17-9)14(2,3)8-16/h4-7H,1-3H3,(H,17,18). The number of nitrogens with zero attached hydrogens (tertiary/aromatic N) is 2. The maximum atomic E-state index is 9.14. The third kappa shape index (κ3) is 2.32. The number of aryl methyl sites for hydroxylation is 1. The quantitative estimate of drug-likeness (QED) is 0.913. The van der Waals surface area contributed by atoms with Crippen LogP contribution in [0.1, 0.15) is 25.4 Å². The molecule has 4 heteroatoms. The maximum absolute atomic E-state index is 9.14. The Morgan fingerprint density at radius 2 is 1.89 bits per heavy atom. The molecule has 0 aliphatic carbocycles. The summed E-state index contributed by atoms with van der Waals surface area (Å²) in [7, 11) is 0. The molecule has 0 saturated carbocycles. The van der Waals surface area contributed by atoms with Gasteiger partial charge in [-0.25, -0.2) is 4.98 Å². The molecule has 0 aliphatic heterocycles. The molecule has 18 heavy (non-hydrogen) atoms. The third-order valence-corrected chi connectivity index (χ3v) is 3.40. The zero-order chi connectivity index (χ0) is 13.3. The molecule has 2 rings (SSSR count). The van der Waals surface area contributed by atoms with Gasteiger partial charge in [-0.3, -0.25) is 0 Å². The van der Waals surface area contributed by atoms with Crippen molar-refractivity contribution in [3.05, 3.63) is 40.3 Å². The highest BCUT2D eigenvalue weighted by molar-refractivity contribution is 9.10. The summed E-state index contributed by atoms with van der Waals surface area (Å²) in [5.41, 5.74) is 2.33. The first-order valence-corrected chi connectivity index (χ1v) is 6.47. The van der Waals surface area contributed by atoms with Crippen LogP contribution in [-0.2, 0) is 5.41 Å². The Bertz CT molecular complexity index is 603. The van der Waals surface area contributed by atoms with Crippen LogP contribution in [0.4, 0.5) is 0 Å². The van der Waals surface area contributed by atoms with E-state index < -0.39 is 5.41 Å². The number of nitriles is 1. The highest BCUT2D eigenvalue weighted by Crippen LogP contribution is 2.27. The van der Waals surface area contributed by atoms with Crippen LogP contribution in [0.3, 0.4) is 0 Å². The normalized spacial score (nSPS) is 11.3. The van der Waals surface area contributed by atoms with Crippen molar-refractivity contribution in [3.63, 3.8) is 0 Å². The van der Waals surface area contributed by atoms with E-state index in [1.807, 2.05) is 45.0 Å². The summed E-state index contributed by atoms with van der Waals surface area (Å²) in [4.78, 5) is 7.76. The van der Waals surface area contributed by atoms with Crippen LogP contribution in [0, 0.1) is 18.3 Å².